The summed E-state index contributed by atoms with van der Waals surface area (Å²) in [5, 5.41) is 5.26. The highest BCUT2D eigenvalue weighted by molar-refractivity contribution is 9.10. The molecule has 0 spiro atoms. The van der Waals surface area contributed by atoms with Crippen molar-refractivity contribution in [2.24, 2.45) is 0 Å². The van der Waals surface area contributed by atoms with Crippen molar-refractivity contribution < 1.29 is 9.18 Å². The molecular formula is C9H10BrFN2O. The Hall–Kier alpha value is -1.10. The predicted octanol–water partition coefficient (Wildman–Crippen LogP) is 1.75. The summed E-state index contributed by atoms with van der Waals surface area (Å²) in [7, 11) is 1.55. The second kappa shape index (κ2) is 4.95. The Labute approximate surface area is 89.8 Å². The first kappa shape index (κ1) is 11.0. The number of nitrogens with one attached hydrogen (secondary N) is 2. The number of rotatable bonds is 3. The van der Waals surface area contributed by atoms with Gasteiger partial charge in [-0.05, 0) is 34.1 Å². The van der Waals surface area contributed by atoms with Crippen LogP contribution in [0.1, 0.15) is 0 Å². The van der Waals surface area contributed by atoms with Gasteiger partial charge in [0.2, 0.25) is 5.91 Å². The number of carbonyl (C=O) groups is 1. The van der Waals surface area contributed by atoms with Crippen molar-refractivity contribution in [3.05, 3.63) is 28.5 Å². The average Bonchev–Trinajstić information content (AvgIpc) is 2.19. The van der Waals surface area contributed by atoms with Gasteiger partial charge < -0.3 is 10.6 Å². The molecule has 1 aromatic carbocycles. The van der Waals surface area contributed by atoms with Crippen LogP contribution in [-0.4, -0.2) is 19.5 Å². The van der Waals surface area contributed by atoms with Crippen LogP contribution < -0.4 is 10.6 Å². The van der Waals surface area contributed by atoms with Crippen LogP contribution in [0.25, 0.3) is 0 Å². The second-order valence-corrected chi connectivity index (χ2v) is 3.51. The summed E-state index contributed by atoms with van der Waals surface area (Å²) in [5.41, 5.74) is 0.564. The van der Waals surface area contributed by atoms with E-state index in [0.29, 0.717) is 5.69 Å². The molecule has 1 amide bonds. The molecule has 0 atom stereocenters. The Kier molecular flexibility index (Phi) is 3.88. The van der Waals surface area contributed by atoms with Crippen molar-refractivity contribution in [2.45, 2.75) is 0 Å². The predicted molar refractivity (Wildman–Crippen MR) is 56.7 cm³/mol. The lowest BCUT2D eigenvalue weighted by molar-refractivity contribution is -0.118. The van der Waals surface area contributed by atoms with E-state index in [9.17, 15) is 9.18 Å². The Morgan fingerprint density at radius 3 is 2.93 bits per heavy atom. The molecule has 2 N–H and O–H groups in total. The average molecular weight is 261 g/mol. The van der Waals surface area contributed by atoms with Gasteiger partial charge in [0.25, 0.3) is 0 Å². The molecule has 0 aliphatic heterocycles. The minimum absolute atomic E-state index is 0.124. The van der Waals surface area contributed by atoms with Gasteiger partial charge in [-0.25, -0.2) is 4.39 Å². The number of likely N-dealkylation sites (N-methyl/N-ethyl adjacent to an activating group) is 1. The normalized spacial score (nSPS) is 9.64. The van der Waals surface area contributed by atoms with Crippen LogP contribution >= 0.6 is 15.9 Å². The minimum Gasteiger partial charge on any atom is -0.375 e. The van der Waals surface area contributed by atoms with Gasteiger partial charge in [0.1, 0.15) is 5.82 Å². The summed E-state index contributed by atoms with van der Waals surface area (Å²) < 4.78 is 13.5. The van der Waals surface area contributed by atoms with Gasteiger partial charge in [0.05, 0.1) is 12.2 Å². The fourth-order valence-electron chi connectivity index (χ4n) is 0.897. The first-order valence-electron chi connectivity index (χ1n) is 4.03. The van der Waals surface area contributed by atoms with Gasteiger partial charge in [-0.15, -0.1) is 0 Å². The number of halogens is 2. The molecule has 0 unspecified atom stereocenters. The van der Waals surface area contributed by atoms with Crippen molar-refractivity contribution >= 4 is 27.5 Å². The highest BCUT2D eigenvalue weighted by Crippen LogP contribution is 2.22. The Bertz CT molecular complexity index is 344. The van der Waals surface area contributed by atoms with Crippen LogP contribution in [0.2, 0.25) is 0 Å². The molecule has 1 aromatic rings. The fraction of sp³-hybridized carbons (Fsp3) is 0.222. The molecule has 0 heterocycles. The van der Waals surface area contributed by atoms with Crippen LogP contribution in [0.15, 0.2) is 22.7 Å². The summed E-state index contributed by atoms with van der Waals surface area (Å²) in [6.07, 6.45) is 0. The highest BCUT2D eigenvalue weighted by Gasteiger charge is 2.02. The van der Waals surface area contributed by atoms with Crippen molar-refractivity contribution in [1.82, 2.24) is 5.32 Å². The van der Waals surface area contributed by atoms with Crippen LogP contribution in [0, 0.1) is 5.82 Å². The van der Waals surface area contributed by atoms with Gasteiger partial charge >= 0.3 is 0 Å². The Morgan fingerprint density at radius 1 is 1.57 bits per heavy atom. The van der Waals surface area contributed by atoms with E-state index in [4.69, 9.17) is 0 Å². The summed E-state index contributed by atoms with van der Waals surface area (Å²) in [4.78, 5) is 10.9. The summed E-state index contributed by atoms with van der Waals surface area (Å²) in [6.45, 7) is 0.124. The van der Waals surface area contributed by atoms with Crippen LogP contribution in [0.4, 0.5) is 10.1 Å². The van der Waals surface area contributed by atoms with E-state index in [1.807, 2.05) is 0 Å². The molecule has 0 aromatic heterocycles. The zero-order valence-electron chi connectivity index (χ0n) is 7.60. The number of benzene rings is 1. The molecule has 14 heavy (non-hydrogen) atoms. The summed E-state index contributed by atoms with van der Waals surface area (Å²) >= 11 is 3.24. The smallest absolute Gasteiger partial charge is 0.239 e. The van der Waals surface area contributed by atoms with E-state index in [1.54, 1.807) is 13.1 Å². The van der Waals surface area contributed by atoms with E-state index >= 15 is 0 Å². The molecule has 0 fully saturated rings. The van der Waals surface area contributed by atoms with Crippen molar-refractivity contribution in [3.8, 4) is 0 Å². The van der Waals surface area contributed by atoms with Gasteiger partial charge in [-0.1, -0.05) is 0 Å². The lowest BCUT2D eigenvalue weighted by atomic mass is 10.3. The maximum absolute atomic E-state index is 12.8. The van der Waals surface area contributed by atoms with E-state index in [2.05, 4.69) is 26.6 Å². The molecule has 76 valence electrons. The molecule has 5 heteroatoms. The number of hydrogen-bond acceptors (Lipinski definition) is 2. The first-order valence-corrected chi connectivity index (χ1v) is 4.82. The molecule has 3 nitrogen and oxygen atoms in total. The largest absolute Gasteiger partial charge is 0.375 e. The van der Waals surface area contributed by atoms with Gasteiger partial charge in [-0.2, -0.15) is 0 Å². The topological polar surface area (TPSA) is 41.1 Å². The number of carbonyl (C=O) groups excluding carboxylic acids is 1. The lowest BCUT2D eigenvalue weighted by Crippen LogP contribution is -2.26. The third-order valence-electron chi connectivity index (χ3n) is 1.65. The zero-order valence-corrected chi connectivity index (χ0v) is 9.19. The number of amides is 1. The van der Waals surface area contributed by atoms with E-state index in [-0.39, 0.29) is 18.3 Å². The van der Waals surface area contributed by atoms with Crippen LogP contribution in [-0.2, 0) is 4.79 Å². The summed E-state index contributed by atoms with van der Waals surface area (Å²) in [5.74, 6) is -0.492. The molecule has 0 saturated carbocycles. The van der Waals surface area contributed by atoms with Crippen molar-refractivity contribution in [1.29, 1.82) is 0 Å². The monoisotopic (exact) mass is 260 g/mol. The number of anilines is 1. The van der Waals surface area contributed by atoms with Crippen molar-refractivity contribution in [3.63, 3.8) is 0 Å². The third-order valence-corrected chi connectivity index (χ3v) is 2.34. The molecule has 0 bridgehead atoms. The lowest BCUT2D eigenvalue weighted by Gasteiger charge is -2.07. The van der Waals surface area contributed by atoms with Gasteiger partial charge in [-0.3, -0.25) is 4.79 Å². The number of hydrogen-bond donors (Lipinski definition) is 2. The first-order chi connectivity index (χ1) is 6.63. The summed E-state index contributed by atoms with van der Waals surface area (Å²) in [6, 6.07) is 4.25. The second-order valence-electron chi connectivity index (χ2n) is 2.65. The van der Waals surface area contributed by atoms with Gasteiger partial charge in [0, 0.05) is 11.5 Å². The van der Waals surface area contributed by atoms with E-state index in [0.717, 1.165) is 4.47 Å². The van der Waals surface area contributed by atoms with Crippen LogP contribution in [0.5, 0.6) is 0 Å². The maximum atomic E-state index is 12.8. The SMILES string of the molecule is CNC(=O)CNc1cc(F)ccc1Br. The van der Waals surface area contributed by atoms with Crippen LogP contribution in [0.3, 0.4) is 0 Å². The van der Waals surface area contributed by atoms with Crippen molar-refractivity contribution in [2.75, 3.05) is 18.9 Å². The molecule has 0 radical (unpaired) electrons. The maximum Gasteiger partial charge on any atom is 0.239 e. The standard InChI is InChI=1S/C9H10BrFN2O/c1-12-9(14)5-13-8-4-6(11)2-3-7(8)10/h2-4,13H,5H2,1H3,(H,12,14). The highest BCUT2D eigenvalue weighted by atomic mass is 79.9. The minimum atomic E-state index is -0.340. The Balaban J connectivity index is 2.66. The quantitative estimate of drug-likeness (QED) is 0.870. The molecular weight excluding hydrogens is 251 g/mol. The van der Waals surface area contributed by atoms with Gasteiger partial charge in [0.15, 0.2) is 0 Å². The molecule has 0 aliphatic rings. The molecule has 0 aliphatic carbocycles. The van der Waals surface area contributed by atoms with E-state index in [1.165, 1.54) is 12.1 Å². The third kappa shape index (κ3) is 2.99. The zero-order chi connectivity index (χ0) is 10.6. The molecule has 0 saturated heterocycles. The fourth-order valence-corrected chi connectivity index (χ4v) is 1.28. The molecule has 1 rings (SSSR count). The van der Waals surface area contributed by atoms with E-state index < -0.39 is 0 Å². The Morgan fingerprint density at radius 2 is 2.29 bits per heavy atom.